The Morgan fingerprint density at radius 3 is 1.87 bits per heavy atom. The summed E-state index contributed by atoms with van der Waals surface area (Å²) in [4.78, 5) is 5.52. The average Bonchev–Trinajstić information content (AvgIpc) is 3.83. The van der Waals surface area contributed by atoms with Crippen LogP contribution in [-0.4, -0.2) is 36.0 Å². The van der Waals surface area contributed by atoms with Gasteiger partial charge < -0.3 is 27.9 Å². The average molecular weight is 739 g/mol. The predicted octanol–water partition coefficient (Wildman–Crippen LogP) is 10.9. The molecule has 1 aromatic heterocycles. The van der Waals surface area contributed by atoms with Crippen molar-refractivity contribution in [2.45, 2.75) is 117 Å². The molecule has 5 aromatic rings. The van der Waals surface area contributed by atoms with Gasteiger partial charge in [-0.3, -0.25) is 0 Å². The Labute approximate surface area is 328 Å². The predicted molar refractivity (Wildman–Crippen MR) is 229 cm³/mol. The van der Waals surface area contributed by atoms with Crippen LogP contribution >= 0.6 is 0 Å². The van der Waals surface area contributed by atoms with E-state index in [1.54, 1.807) is 0 Å². The summed E-state index contributed by atoms with van der Waals surface area (Å²) in [6.07, 6.45) is 14.7. The van der Waals surface area contributed by atoms with Gasteiger partial charge in [0.2, 0.25) is 0 Å². The maximum Gasteiger partial charge on any atom is 0.632 e. The van der Waals surface area contributed by atoms with Crippen molar-refractivity contribution in [2.24, 2.45) is 0 Å². The van der Waals surface area contributed by atoms with Crippen LogP contribution in [0.25, 0.3) is 44.0 Å². The van der Waals surface area contributed by atoms with Crippen LogP contribution in [-0.2, 0) is 25.2 Å². The summed E-state index contributed by atoms with van der Waals surface area (Å²) in [7, 11) is -1.16. The van der Waals surface area contributed by atoms with E-state index in [1.807, 2.05) is 13.8 Å². The molecule has 0 aliphatic carbocycles. The zero-order valence-electron chi connectivity index (χ0n) is 33.4. The number of ether oxygens (including phenoxy) is 1. The van der Waals surface area contributed by atoms with Gasteiger partial charge in [-0.2, -0.15) is 0 Å². The Bertz CT molecular complexity index is 2170. The van der Waals surface area contributed by atoms with Crippen LogP contribution in [0.1, 0.15) is 105 Å². The molecule has 3 heterocycles. The van der Waals surface area contributed by atoms with E-state index in [0.29, 0.717) is 17.3 Å². The van der Waals surface area contributed by atoms with Crippen LogP contribution in [0.15, 0.2) is 97.7 Å². The van der Waals surface area contributed by atoms with Gasteiger partial charge >= 0.3 is 14.2 Å². The molecule has 2 aliphatic heterocycles. The van der Waals surface area contributed by atoms with E-state index in [1.165, 1.54) is 57.8 Å². The van der Waals surface area contributed by atoms with Crippen molar-refractivity contribution in [3.63, 3.8) is 0 Å². The van der Waals surface area contributed by atoms with Crippen LogP contribution in [0.5, 0.6) is 5.75 Å². The van der Waals surface area contributed by atoms with Gasteiger partial charge in [0.1, 0.15) is 28.7 Å². The molecule has 9 heteroatoms. The van der Waals surface area contributed by atoms with Crippen LogP contribution in [0.4, 0.5) is 0 Å². The summed E-state index contributed by atoms with van der Waals surface area (Å²) < 4.78 is 33.1. The van der Waals surface area contributed by atoms with Crippen molar-refractivity contribution in [1.29, 1.82) is 0 Å². The molecule has 0 radical (unpaired) electrons. The molecule has 4 aromatic carbocycles. The molecule has 55 heavy (non-hydrogen) atoms. The summed E-state index contributed by atoms with van der Waals surface area (Å²) in [6, 6.07) is 21.4. The number of hydrogen-bond acceptors (Lipinski definition) is 6. The Balaban J connectivity index is 1.33. The first-order chi connectivity index (χ1) is 26.7. The Hall–Kier alpha value is -4.62. The van der Waals surface area contributed by atoms with Gasteiger partial charge in [-0.25, -0.2) is 4.98 Å². The Kier molecular flexibility index (Phi) is 12.0. The highest BCUT2D eigenvalue weighted by atomic mass is 16.7. The zero-order valence-corrected chi connectivity index (χ0v) is 33.4. The van der Waals surface area contributed by atoms with Gasteiger partial charge in [-0.1, -0.05) is 128 Å². The number of fused-ring (bicyclic) bond motifs is 6. The normalized spacial score (nSPS) is 15.4. The topological polar surface area (TPSA) is 64.0 Å². The van der Waals surface area contributed by atoms with Gasteiger partial charge in [0.15, 0.2) is 0 Å². The summed E-state index contributed by atoms with van der Waals surface area (Å²) in [5.74, 6) is 3.37. The van der Waals surface area contributed by atoms with Gasteiger partial charge in [0, 0.05) is 28.3 Å². The highest BCUT2D eigenvalue weighted by Crippen LogP contribution is 2.39. The third-order valence-electron chi connectivity index (χ3n) is 11.1. The number of benzene rings is 4. The second kappa shape index (κ2) is 17.0. The summed E-state index contributed by atoms with van der Waals surface area (Å²) in [6.45, 7) is 22.1. The first-order valence-corrected chi connectivity index (χ1v) is 20.6. The monoisotopic (exact) mass is 738 g/mol. The maximum absolute atomic E-state index is 6.34. The highest BCUT2D eigenvalue weighted by Gasteiger charge is 2.43. The molecule has 0 unspecified atom stereocenters. The molecule has 7 rings (SSSR count). The molecule has 7 nitrogen and oxygen atoms in total. The molecule has 0 spiro atoms. The van der Waals surface area contributed by atoms with E-state index in [-0.39, 0.29) is 0 Å². The van der Waals surface area contributed by atoms with E-state index in [9.17, 15) is 0 Å². The third kappa shape index (κ3) is 8.33. The number of imidazole rings is 1. The minimum absolute atomic E-state index is 0.457. The van der Waals surface area contributed by atoms with Crippen LogP contribution in [0, 0.1) is 0 Å². The van der Waals surface area contributed by atoms with Crippen LogP contribution in [0.3, 0.4) is 0 Å². The van der Waals surface area contributed by atoms with Crippen molar-refractivity contribution >= 4 is 57.7 Å². The van der Waals surface area contributed by atoms with Crippen LogP contribution < -0.4 is 15.7 Å². The molecule has 2 fully saturated rings. The first-order valence-electron chi connectivity index (χ1n) is 20.6. The SMILES string of the molecule is C=C1OB(c2ccc3c4ccc(B5OC(=C)C(C)(C)O5)cc4c4nc(-c5ccc(OCCCCCCCC)cc5)n(CCCCCCCC)c4c3c2)OC1=C. The molecule has 0 atom stereocenters. The van der Waals surface area contributed by atoms with Gasteiger partial charge in [0.25, 0.3) is 0 Å². The number of aromatic nitrogens is 2. The lowest BCUT2D eigenvalue weighted by Crippen LogP contribution is -2.34. The Morgan fingerprint density at radius 2 is 1.24 bits per heavy atom. The van der Waals surface area contributed by atoms with Crippen LogP contribution in [0.2, 0.25) is 0 Å². The van der Waals surface area contributed by atoms with Crippen molar-refractivity contribution < 1.29 is 23.4 Å². The van der Waals surface area contributed by atoms with E-state index in [4.69, 9.17) is 28.3 Å². The molecule has 2 saturated heterocycles. The Morgan fingerprint density at radius 1 is 0.655 bits per heavy atom. The molecule has 0 N–H and O–H groups in total. The van der Waals surface area contributed by atoms with Gasteiger partial charge in [-0.05, 0) is 73.3 Å². The fourth-order valence-corrected chi connectivity index (χ4v) is 7.77. The van der Waals surface area contributed by atoms with Crippen molar-refractivity contribution in [3.05, 3.63) is 97.7 Å². The quantitative estimate of drug-likeness (QED) is 0.0507. The van der Waals surface area contributed by atoms with E-state index < -0.39 is 19.8 Å². The third-order valence-corrected chi connectivity index (χ3v) is 11.1. The fraction of sp³-hybridized carbons (Fsp3) is 0.413. The van der Waals surface area contributed by atoms with E-state index >= 15 is 0 Å². The number of hydrogen-bond donors (Lipinski definition) is 0. The van der Waals surface area contributed by atoms with E-state index in [2.05, 4.69) is 98.8 Å². The largest absolute Gasteiger partial charge is 0.632 e. The second-order valence-electron chi connectivity index (χ2n) is 15.7. The summed E-state index contributed by atoms with van der Waals surface area (Å²) in [5.41, 5.74) is 4.33. The summed E-state index contributed by atoms with van der Waals surface area (Å²) >= 11 is 0. The lowest BCUT2D eigenvalue weighted by atomic mass is 9.76. The molecule has 2 aliphatic rings. The van der Waals surface area contributed by atoms with E-state index in [0.717, 1.165) is 93.1 Å². The highest BCUT2D eigenvalue weighted by molar-refractivity contribution is 6.63. The maximum atomic E-state index is 6.34. The number of unbranched alkanes of at least 4 members (excludes halogenated alkanes) is 10. The second-order valence-corrected chi connectivity index (χ2v) is 15.7. The lowest BCUT2D eigenvalue weighted by Gasteiger charge is -2.16. The molecular formula is C46H56B2N2O5. The zero-order chi connectivity index (χ0) is 38.5. The molecule has 286 valence electrons. The number of aryl methyl sites for hydroxylation is 1. The van der Waals surface area contributed by atoms with Gasteiger partial charge in [0.05, 0.1) is 23.4 Å². The molecular weight excluding hydrogens is 682 g/mol. The fourth-order valence-electron chi connectivity index (χ4n) is 7.77. The first kappa shape index (κ1) is 38.6. The number of rotatable bonds is 18. The van der Waals surface area contributed by atoms with Crippen molar-refractivity contribution in [3.8, 4) is 17.1 Å². The van der Waals surface area contributed by atoms with Crippen molar-refractivity contribution in [1.82, 2.24) is 9.55 Å². The minimum atomic E-state index is -0.607. The molecule has 0 saturated carbocycles. The lowest BCUT2D eigenvalue weighted by molar-refractivity contribution is 0.173. The standard InChI is InChI=1S/C46H56B2N2O5/c1-8-10-12-14-16-18-28-50-44-42-31-36(47-52-32(3)33(4)53-47)22-27-40(42)39-26-23-37(48-54-34(5)46(6,7)55-48)30-41(39)43(44)49-45(50)35-20-24-38(25-21-35)51-29-19-17-15-13-11-9-2/h20-27,30-31H,3-5,8-19,28-29H2,1-2,6-7H3. The molecule has 0 amide bonds. The van der Waals surface area contributed by atoms with Crippen molar-refractivity contribution in [2.75, 3.05) is 6.61 Å². The molecule has 0 bridgehead atoms. The minimum Gasteiger partial charge on any atom is -0.534 e. The number of nitrogens with zero attached hydrogens (tertiary/aromatic N) is 2. The van der Waals surface area contributed by atoms with Gasteiger partial charge in [-0.15, -0.1) is 0 Å². The summed E-state index contributed by atoms with van der Waals surface area (Å²) in [5, 5.41) is 4.37. The smallest absolute Gasteiger partial charge is 0.534 e.